The average molecular weight is 348 g/mol. The summed E-state index contributed by atoms with van der Waals surface area (Å²) in [6.45, 7) is 2.37. The Morgan fingerprint density at radius 2 is 1.87 bits per heavy atom. The Kier molecular flexibility index (Phi) is 4.55. The first-order valence-corrected chi connectivity index (χ1v) is 7.95. The summed E-state index contributed by atoms with van der Waals surface area (Å²) in [5, 5.41) is 3.97. The van der Waals surface area contributed by atoms with Crippen molar-refractivity contribution in [2.24, 2.45) is 0 Å². The number of halogens is 2. The number of carbonyl (C=O) groups excluding carboxylic acids is 1. The molecule has 3 aromatic rings. The number of aromatic nitrogens is 2. The van der Waals surface area contributed by atoms with Crippen LogP contribution in [0.5, 0.6) is 0 Å². The van der Waals surface area contributed by atoms with Gasteiger partial charge in [-0.2, -0.15) is 0 Å². The van der Waals surface area contributed by atoms with Crippen LogP contribution in [-0.4, -0.2) is 16.0 Å². The van der Waals surface area contributed by atoms with Gasteiger partial charge in [-0.05, 0) is 31.2 Å². The first kappa shape index (κ1) is 15.8. The summed E-state index contributed by atoms with van der Waals surface area (Å²) in [6.07, 6.45) is 0.677. The zero-order chi connectivity index (χ0) is 16.4. The number of imidazole rings is 1. The lowest BCUT2D eigenvalue weighted by Gasteiger charge is -2.15. The minimum Gasteiger partial charge on any atom is -0.349 e. The number of benzene rings is 2. The zero-order valence-corrected chi connectivity index (χ0v) is 14.0. The summed E-state index contributed by atoms with van der Waals surface area (Å²) in [6, 6.07) is 13.0. The molecule has 0 spiro atoms. The van der Waals surface area contributed by atoms with Crippen LogP contribution in [0.25, 0.3) is 11.0 Å². The molecule has 0 unspecified atom stereocenters. The van der Waals surface area contributed by atoms with Gasteiger partial charge in [0.05, 0.1) is 23.6 Å². The van der Waals surface area contributed by atoms with Crippen molar-refractivity contribution in [1.82, 2.24) is 14.9 Å². The van der Waals surface area contributed by atoms with E-state index in [-0.39, 0.29) is 6.04 Å². The van der Waals surface area contributed by atoms with Gasteiger partial charge in [-0.25, -0.2) is 4.98 Å². The van der Waals surface area contributed by atoms with Crippen molar-refractivity contribution in [3.8, 4) is 0 Å². The quantitative estimate of drug-likeness (QED) is 0.703. The summed E-state index contributed by atoms with van der Waals surface area (Å²) >= 11 is 12.6. The van der Waals surface area contributed by atoms with Crippen LogP contribution >= 0.6 is 23.2 Å². The second-order valence-electron chi connectivity index (χ2n) is 5.25. The molecule has 1 atom stereocenters. The molecule has 0 radical (unpaired) electrons. The van der Waals surface area contributed by atoms with Crippen LogP contribution in [0.1, 0.15) is 24.4 Å². The highest BCUT2D eigenvalue weighted by Crippen LogP contribution is 2.28. The van der Waals surface area contributed by atoms with Crippen molar-refractivity contribution in [2.75, 3.05) is 0 Å². The van der Waals surface area contributed by atoms with Crippen LogP contribution < -0.4 is 5.32 Å². The Bertz CT molecular complexity index is 840. The molecule has 118 valence electrons. The van der Waals surface area contributed by atoms with E-state index in [9.17, 15) is 4.79 Å². The normalized spacial score (nSPS) is 12.3. The largest absolute Gasteiger partial charge is 0.349 e. The van der Waals surface area contributed by atoms with E-state index < -0.39 is 0 Å². The lowest BCUT2D eigenvalue weighted by atomic mass is 10.2. The maximum atomic E-state index is 10.8. The van der Waals surface area contributed by atoms with Gasteiger partial charge in [-0.1, -0.05) is 41.4 Å². The molecule has 0 saturated carbocycles. The number of nitrogens with zero attached hydrogens (tertiary/aromatic N) is 2. The SMILES string of the molecule is C[C@H](NC=O)c1nc2ccccc2n1Cc1c(Cl)cccc1Cl. The van der Waals surface area contributed by atoms with E-state index >= 15 is 0 Å². The molecule has 3 rings (SSSR count). The van der Waals surface area contributed by atoms with Gasteiger partial charge in [-0.3, -0.25) is 4.79 Å². The number of rotatable bonds is 5. The first-order valence-electron chi connectivity index (χ1n) is 7.19. The molecule has 0 aliphatic rings. The predicted octanol–water partition coefficient (Wildman–Crippen LogP) is 4.20. The molecule has 1 N–H and O–H groups in total. The molecule has 0 fully saturated rings. The lowest BCUT2D eigenvalue weighted by molar-refractivity contribution is -0.110. The Labute approximate surface area is 144 Å². The number of fused-ring (bicyclic) bond motifs is 1. The van der Waals surface area contributed by atoms with Crippen LogP contribution in [0.15, 0.2) is 42.5 Å². The Hall–Kier alpha value is -2.04. The molecule has 1 aromatic heterocycles. The van der Waals surface area contributed by atoms with E-state index in [2.05, 4.69) is 10.3 Å². The van der Waals surface area contributed by atoms with Crippen LogP contribution in [0.4, 0.5) is 0 Å². The van der Waals surface area contributed by atoms with Crippen molar-refractivity contribution in [1.29, 1.82) is 0 Å². The van der Waals surface area contributed by atoms with Crippen molar-refractivity contribution in [3.05, 3.63) is 63.9 Å². The van der Waals surface area contributed by atoms with Gasteiger partial charge >= 0.3 is 0 Å². The highest BCUT2D eigenvalue weighted by Gasteiger charge is 2.18. The van der Waals surface area contributed by atoms with Gasteiger partial charge in [0.15, 0.2) is 0 Å². The Morgan fingerprint density at radius 3 is 2.57 bits per heavy atom. The van der Waals surface area contributed by atoms with Gasteiger partial charge in [0.2, 0.25) is 6.41 Å². The van der Waals surface area contributed by atoms with Crippen LogP contribution in [-0.2, 0) is 11.3 Å². The average Bonchev–Trinajstić information content (AvgIpc) is 2.90. The van der Waals surface area contributed by atoms with Crippen LogP contribution in [0.3, 0.4) is 0 Å². The van der Waals surface area contributed by atoms with Gasteiger partial charge < -0.3 is 9.88 Å². The summed E-state index contributed by atoms with van der Waals surface area (Å²) in [4.78, 5) is 15.4. The maximum absolute atomic E-state index is 10.8. The number of carbonyl (C=O) groups is 1. The third-order valence-corrected chi connectivity index (χ3v) is 4.48. The molecule has 0 bridgehead atoms. The van der Waals surface area contributed by atoms with E-state index in [4.69, 9.17) is 23.2 Å². The molecule has 0 aliphatic carbocycles. The Morgan fingerprint density at radius 1 is 1.17 bits per heavy atom. The summed E-state index contributed by atoms with van der Waals surface area (Å²) in [5.41, 5.74) is 2.67. The van der Waals surface area contributed by atoms with Crippen LogP contribution in [0.2, 0.25) is 10.0 Å². The topological polar surface area (TPSA) is 46.9 Å². The molecule has 0 aliphatic heterocycles. The van der Waals surface area contributed by atoms with Gasteiger partial charge in [0.1, 0.15) is 5.82 Å². The molecule has 4 nitrogen and oxygen atoms in total. The molecule has 2 aromatic carbocycles. The molecule has 1 amide bonds. The van der Waals surface area contributed by atoms with Crippen molar-refractivity contribution in [3.63, 3.8) is 0 Å². The van der Waals surface area contributed by atoms with Crippen molar-refractivity contribution in [2.45, 2.75) is 19.5 Å². The van der Waals surface area contributed by atoms with Gasteiger partial charge in [0.25, 0.3) is 0 Å². The fourth-order valence-corrected chi connectivity index (χ4v) is 3.13. The fraction of sp³-hybridized carbons (Fsp3) is 0.176. The molecule has 0 saturated heterocycles. The van der Waals surface area contributed by atoms with Crippen LogP contribution in [0, 0.1) is 0 Å². The minimum absolute atomic E-state index is 0.221. The van der Waals surface area contributed by atoms with Crippen molar-refractivity contribution < 1.29 is 4.79 Å². The monoisotopic (exact) mass is 347 g/mol. The smallest absolute Gasteiger partial charge is 0.207 e. The van der Waals surface area contributed by atoms with Crippen molar-refractivity contribution >= 4 is 40.6 Å². The first-order chi connectivity index (χ1) is 11.1. The molecule has 23 heavy (non-hydrogen) atoms. The van der Waals surface area contributed by atoms with Gasteiger partial charge in [0, 0.05) is 15.6 Å². The molecular formula is C17H15Cl2N3O. The minimum atomic E-state index is -0.221. The molecule has 6 heteroatoms. The standard InChI is InChI=1S/C17H15Cl2N3O/c1-11(20-10-23)17-21-15-7-2-3-8-16(15)22(17)9-12-13(18)5-4-6-14(12)19/h2-8,10-11H,9H2,1H3,(H,20,23)/t11-/m0/s1. The van der Waals surface area contributed by atoms with E-state index in [0.717, 1.165) is 22.4 Å². The molecular weight excluding hydrogens is 333 g/mol. The lowest BCUT2D eigenvalue weighted by Crippen LogP contribution is -2.21. The number of hydrogen-bond donors (Lipinski definition) is 1. The fourth-order valence-electron chi connectivity index (χ4n) is 2.61. The maximum Gasteiger partial charge on any atom is 0.207 e. The number of amides is 1. The third kappa shape index (κ3) is 3.05. The second kappa shape index (κ2) is 6.60. The van der Waals surface area contributed by atoms with E-state index in [1.807, 2.05) is 54.0 Å². The summed E-state index contributed by atoms with van der Waals surface area (Å²) in [7, 11) is 0. The highest BCUT2D eigenvalue weighted by molar-refractivity contribution is 6.36. The summed E-state index contributed by atoms with van der Waals surface area (Å²) < 4.78 is 2.03. The number of hydrogen-bond acceptors (Lipinski definition) is 2. The highest BCUT2D eigenvalue weighted by atomic mass is 35.5. The number of para-hydroxylation sites is 2. The zero-order valence-electron chi connectivity index (χ0n) is 12.5. The third-order valence-electron chi connectivity index (χ3n) is 3.77. The Balaban J connectivity index is 2.14. The second-order valence-corrected chi connectivity index (χ2v) is 6.07. The summed E-state index contributed by atoms with van der Waals surface area (Å²) in [5.74, 6) is 0.759. The van der Waals surface area contributed by atoms with Gasteiger partial charge in [-0.15, -0.1) is 0 Å². The number of nitrogens with one attached hydrogen (secondary N) is 1. The predicted molar refractivity (Wildman–Crippen MR) is 92.9 cm³/mol. The molecule has 1 heterocycles. The van der Waals surface area contributed by atoms with E-state index in [1.165, 1.54) is 0 Å². The van der Waals surface area contributed by atoms with E-state index in [1.54, 1.807) is 0 Å². The van der Waals surface area contributed by atoms with E-state index in [0.29, 0.717) is 23.0 Å².